The smallest absolute Gasteiger partial charge is 0.130 e. The van der Waals surface area contributed by atoms with Gasteiger partial charge in [0.15, 0.2) is 0 Å². The first-order valence-corrected chi connectivity index (χ1v) is 32.7. The molecule has 7 aromatic carbocycles. The number of aromatic nitrogens is 4. The minimum Gasteiger partial charge on any atom is -0.192 e. The Bertz CT molecular complexity index is 5330. The lowest BCUT2D eigenvalue weighted by Gasteiger charge is -2.35. The van der Waals surface area contributed by atoms with E-state index >= 15 is 0 Å². The fourth-order valence-electron chi connectivity index (χ4n) is 13.1. The Kier molecular flexibility index (Phi) is 11.6. The summed E-state index contributed by atoms with van der Waals surface area (Å²) in [4.78, 5) is 4.72. The van der Waals surface area contributed by atoms with Crippen molar-refractivity contribution in [1.29, 1.82) is 21.0 Å². The zero-order valence-electron chi connectivity index (χ0n) is 45.4. The highest BCUT2D eigenvalue weighted by Gasteiger charge is 2.54. The van der Waals surface area contributed by atoms with Crippen LogP contribution in [0.3, 0.4) is 0 Å². The fraction of sp³-hybridized carbons (Fsp3) is 0.0857. The first-order chi connectivity index (χ1) is 41.5. The maximum absolute atomic E-state index is 9.67. The molecule has 0 saturated carbocycles. The maximum atomic E-state index is 9.67. The first-order valence-electron chi connectivity index (χ1n) is 27.1. The third-order valence-corrected chi connectivity index (χ3v) is 24.5. The summed E-state index contributed by atoms with van der Waals surface area (Å²) in [6.45, 7) is 8.67. The van der Waals surface area contributed by atoms with Gasteiger partial charge < -0.3 is 0 Å². The van der Waals surface area contributed by atoms with Crippen molar-refractivity contribution in [3.8, 4) is 66.0 Å². The Morgan fingerprint density at radius 3 is 1.18 bits per heavy atom. The lowest BCUT2D eigenvalue weighted by atomic mass is 9.65. The van der Waals surface area contributed by atoms with Crippen LogP contribution in [0.5, 0.6) is 0 Å². The summed E-state index contributed by atoms with van der Waals surface area (Å²) in [6.07, 6.45) is 3.19. The molecule has 14 aromatic rings. The van der Waals surface area contributed by atoms with Gasteiger partial charge in [0, 0.05) is 62.3 Å². The average Bonchev–Trinajstić information content (AvgIpc) is 1.51. The van der Waals surface area contributed by atoms with Gasteiger partial charge in [-0.2, -0.15) is 38.5 Å². The van der Waals surface area contributed by atoms with E-state index in [2.05, 4.69) is 166 Å². The summed E-state index contributed by atoms with van der Waals surface area (Å²) in [5.74, 6) is 0. The fourth-order valence-corrected chi connectivity index (χ4v) is 21.5. The van der Waals surface area contributed by atoms with E-state index in [9.17, 15) is 21.0 Å². The maximum Gasteiger partial charge on any atom is 0.130 e. The van der Waals surface area contributed by atoms with E-state index in [-0.39, 0.29) is 11.1 Å². The van der Waals surface area contributed by atoms with Crippen LogP contribution in [-0.4, -0.2) is 17.5 Å². The van der Waals surface area contributed by atoms with Crippen molar-refractivity contribution in [2.24, 2.45) is 0 Å². The zero-order chi connectivity index (χ0) is 57.6. The third kappa shape index (κ3) is 7.34. The molecule has 16 rings (SSSR count). The number of hydrogen-bond donors (Lipinski definition) is 0. The molecule has 0 aliphatic heterocycles. The quantitative estimate of drug-likeness (QED) is 0.137. The largest absolute Gasteiger partial charge is 0.192 e. The lowest BCUT2D eigenvalue weighted by molar-refractivity contribution is 0.766. The molecule has 0 unspecified atom stereocenters. The van der Waals surface area contributed by atoms with E-state index in [1.54, 1.807) is 34.8 Å². The number of fused-ring (bicyclic) bond motifs is 14. The van der Waals surface area contributed by atoms with Gasteiger partial charge in [-0.15, -0.1) is 56.7 Å². The summed E-state index contributed by atoms with van der Waals surface area (Å²) >= 11 is 11.5. The summed E-state index contributed by atoms with van der Waals surface area (Å²) in [5.41, 5.74) is 22.1. The number of allylic oxidation sites excluding steroid dienone is 2. The molecule has 0 atom stereocenters. The van der Waals surface area contributed by atoms with Crippen LogP contribution < -0.4 is 0 Å². The number of rotatable bonds is 8. The Balaban J connectivity index is 0.978. The molecular weight excluding hydrogens is 1180 g/mol. The average molecular weight is 1220 g/mol. The highest BCUT2D eigenvalue weighted by Crippen LogP contribution is 2.69. The molecule has 0 bridgehead atoms. The van der Waals surface area contributed by atoms with Crippen LogP contribution in [0.25, 0.3) is 104 Å². The van der Waals surface area contributed by atoms with E-state index in [0.29, 0.717) is 22.2 Å². The van der Waals surface area contributed by atoms with E-state index in [4.69, 9.17) is 13.1 Å². The van der Waals surface area contributed by atoms with Gasteiger partial charge in [-0.05, 0) is 109 Å². The van der Waals surface area contributed by atoms with E-state index < -0.39 is 10.8 Å². The molecule has 0 radical (unpaired) electrons. The molecule has 0 N–H and O–H groups in total. The Morgan fingerprint density at radius 2 is 0.753 bits per heavy atom. The van der Waals surface area contributed by atoms with Gasteiger partial charge in [0.2, 0.25) is 0 Å². The van der Waals surface area contributed by atoms with Crippen molar-refractivity contribution in [2.45, 2.75) is 38.5 Å². The molecule has 85 heavy (non-hydrogen) atoms. The van der Waals surface area contributed by atoms with Crippen LogP contribution in [-0.2, 0) is 10.8 Å². The van der Waals surface area contributed by atoms with E-state index in [1.807, 2.05) is 70.4 Å². The van der Waals surface area contributed by atoms with E-state index in [1.165, 1.54) is 116 Å². The number of hydrogen-bond acceptors (Lipinski definition) is 15. The molecule has 400 valence electrons. The van der Waals surface area contributed by atoms with E-state index in [0.717, 1.165) is 55.4 Å². The summed E-state index contributed by atoms with van der Waals surface area (Å²) in [6, 6.07) is 62.8. The Labute approximate surface area is 516 Å². The first kappa shape index (κ1) is 51.5. The monoisotopic (exact) mass is 1210 g/mol. The molecule has 0 saturated heterocycles. The highest BCUT2D eigenvalue weighted by atomic mass is 32.1. The lowest BCUT2D eigenvalue weighted by Crippen LogP contribution is -2.30. The van der Waals surface area contributed by atoms with Gasteiger partial charge in [-0.3, -0.25) is 0 Å². The molecule has 8 nitrogen and oxygen atoms in total. The van der Waals surface area contributed by atoms with Crippen molar-refractivity contribution in [1.82, 2.24) is 17.5 Å². The van der Waals surface area contributed by atoms with Crippen molar-refractivity contribution in [2.75, 3.05) is 0 Å². The molecule has 0 spiro atoms. The van der Waals surface area contributed by atoms with Gasteiger partial charge in [-0.1, -0.05) is 144 Å². The van der Waals surface area contributed by atoms with Crippen LogP contribution in [0.15, 0.2) is 157 Å². The molecule has 2 aliphatic carbocycles. The minimum absolute atomic E-state index is 0.0159. The predicted molar refractivity (Wildman–Crippen MR) is 353 cm³/mol. The second kappa shape index (κ2) is 19.2. The molecule has 2 aliphatic rings. The van der Waals surface area contributed by atoms with Crippen LogP contribution in [0, 0.1) is 73.0 Å². The predicted octanol–water partition coefficient (Wildman–Crippen LogP) is 19.6. The third-order valence-electron chi connectivity index (χ3n) is 17.0. The minimum atomic E-state index is -0.728. The van der Waals surface area contributed by atoms with Gasteiger partial charge in [0.25, 0.3) is 0 Å². The topological polar surface area (TPSA) is 147 Å². The van der Waals surface area contributed by atoms with Crippen LogP contribution in [0.2, 0.25) is 0 Å². The number of nitrogens with zero attached hydrogens (tertiary/aromatic N) is 8. The molecule has 15 heteroatoms. The summed E-state index contributed by atoms with van der Waals surface area (Å²) < 4.78 is 26.4. The SMILES string of the molecule is Cc1ccc(C2(c3ccc(C)cc3)c3cc4c(cc3-c3sc5cc(-c6ccc(C=C(C#N)C#N)c7nsnc67)sc5c32)C(c2ccc(C)cc2)(c2ccc(C)cc2)c2c-4sc3c2sc2cc(-c4ccc(C=C(C#N)C#N)c5nsnc45)sc23)cc1. The van der Waals surface area contributed by atoms with Crippen molar-refractivity contribution in [3.05, 3.63) is 235 Å². The van der Waals surface area contributed by atoms with Gasteiger partial charge >= 0.3 is 0 Å². The van der Waals surface area contributed by atoms with Crippen molar-refractivity contribution >= 4 is 143 Å². The summed E-state index contributed by atoms with van der Waals surface area (Å²) in [5, 5.41) is 38.6. The molecule has 7 aromatic heterocycles. The van der Waals surface area contributed by atoms with Gasteiger partial charge in [-0.25, -0.2) is 0 Å². The highest BCUT2D eigenvalue weighted by molar-refractivity contribution is 7.40. The molecule has 0 fully saturated rings. The molecular formula is C70H38N8S7. The second-order valence-corrected chi connectivity index (χ2v) is 28.1. The summed E-state index contributed by atoms with van der Waals surface area (Å²) in [7, 11) is 0. The Morgan fingerprint density at radius 1 is 0.376 bits per heavy atom. The van der Waals surface area contributed by atoms with Gasteiger partial charge in [0.05, 0.1) is 53.1 Å². The normalized spacial score (nSPS) is 13.3. The standard InChI is InChI=1S/C70H38N8S7/c1-35-5-15-43(16-6-35)69(44-17-7-36(2)8-18-44)51-28-50-52(27-49(51)63-57(69)65-55(81-63)29-53(79-65)47-23-13-41(25-39(31-71)32-72)59-61(47)77-84-75-59)70(45-19-9-37(3)10-20-45,46-21-11-38(4)12-22-46)58-64(50)83-68-66-56(82-67(58)68)30-54(80-66)48-24-14-42(26-40(33-73)34-74)60-62(48)78-85-76-60/h5-30H,1-4H3. The van der Waals surface area contributed by atoms with Crippen molar-refractivity contribution < 1.29 is 0 Å². The number of aryl methyl sites for hydroxylation is 4. The van der Waals surface area contributed by atoms with Crippen LogP contribution in [0.1, 0.15) is 77.9 Å². The van der Waals surface area contributed by atoms with Gasteiger partial charge in [0.1, 0.15) is 57.5 Å². The zero-order valence-corrected chi connectivity index (χ0v) is 51.2. The Hall–Kier alpha value is -9.10. The van der Waals surface area contributed by atoms with Crippen molar-refractivity contribution in [3.63, 3.8) is 0 Å². The number of benzene rings is 7. The van der Waals surface area contributed by atoms with Crippen LogP contribution >= 0.6 is 80.1 Å². The molecule has 0 amide bonds. The number of nitriles is 4. The number of thiophene rings is 5. The molecule has 7 heterocycles. The van der Waals surface area contributed by atoms with Crippen LogP contribution in [0.4, 0.5) is 0 Å². The second-order valence-electron chi connectivity index (χ2n) is 21.8.